The molecular weight excluding hydrogens is 398 g/mol. The maximum Gasteiger partial charge on any atom is 0.157 e. The lowest BCUT2D eigenvalue weighted by atomic mass is 9.91. The fraction of sp³-hybridized carbons (Fsp3) is 0.259. The molecule has 0 atom stereocenters. The molecule has 0 fully saturated rings. The van der Waals surface area contributed by atoms with Gasteiger partial charge in [-0.15, -0.1) is 0 Å². The van der Waals surface area contributed by atoms with Gasteiger partial charge in [-0.1, -0.05) is 36.4 Å². The Kier molecular flexibility index (Phi) is 5.16. The number of nitrogens with zero attached hydrogens (tertiary/aromatic N) is 3. The number of aryl methyl sites for hydroxylation is 1. The highest BCUT2D eigenvalue weighted by molar-refractivity contribution is 5.88. The summed E-state index contributed by atoms with van der Waals surface area (Å²) in [7, 11) is 1.71. The number of aliphatic hydroxyl groups excluding tert-OH is 1. The zero-order chi connectivity index (χ0) is 22.2. The molecule has 32 heavy (non-hydrogen) atoms. The van der Waals surface area contributed by atoms with E-state index < -0.39 is 0 Å². The van der Waals surface area contributed by atoms with Crippen molar-refractivity contribution in [1.29, 1.82) is 5.26 Å². The van der Waals surface area contributed by atoms with E-state index in [9.17, 15) is 10.4 Å². The molecule has 1 N–H and O–H groups in total. The van der Waals surface area contributed by atoms with E-state index in [2.05, 4.69) is 54.4 Å². The van der Waals surface area contributed by atoms with Gasteiger partial charge in [-0.05, 0) is 60.1 Å². The van der Waals surface area contributed by atoms with Crippen LogP contribution in [-0.2, 0) is 19.4 Å². The van der Waals surface area contributed by atoms with E-state index in [1.165, 1.54) is 28.7 Å². The van der Waals surface area contributed by atoms with E-state index in [1.807, 2.05) is 6.07 Å². The summed E-state index contributed by atoms with van der Waals surface area (Å²) in [6, 6.07) is 17.1. The summed E-state index contributed by atoms with van der Waals surface area (Å²) in [5.74, 6) is 0.718. The molecule has 5 rings (SSSR count). The highest BCUT2D eigenvalue weighted by Gasteiger charge is 2.20. The molecule has 160 valence electrons. The molecule has 0 unspecified atom stereocenters. The second-order valence-electron chi connectivity index (χ2n) is 8.25. The summed E-state index contributed by atoms with van der Waals surface area (Å²) in [5, 5.41) is 19.9. The summed E-state index contributed by atoms with van der Waals surface area (Å²) in [5.41, 5.74) is 9.26. The highest BCUT2D eigenvalue weighted by atomic mass is 16.3. The summed E-state index contributed by atoms with van der Waals surface area (Å²) < 4.78 is 8.06. The molecule has 0 spiro atoms. The standard InChI is InChI=1S/C27H25N3O2/c1-17-20(23-11-4-7-18-6-3-10-22(18)23)8-5-9-21(17)25-14-24-26(32-25)19(15-28)16-30(12-13-31)27(24)29-2/h4-5,7-9,11,14,16,31H,3,6,10,12-13H2,1-2H3. The van der Waals surface area contributed by atoms with E-state index >= 15 is 0 Å². The predicted molar refractivity (Wildman–Crippen MR) is 125 cm³/mol. The van der Waals surface area contributed by atoms with Gasteiger partial charge in [0, 0.05) is 25.4 Å². The van der Waals surface area contributed by atoms with E-state index in [0.29, 0.717) is 23.2 Å². The zero-order valence-electron chi connectivity index (χ0n) is 18.4. The first kappa shape index (κ1) is 20.3. The number of aliphatic hydroxyl groups is 1. The van der Waals surface area contributed by atoms with Crippen LogP contribution in [0.1, 0.15) is 28.7 Å². The predicted octanol–water partition coefficient (Wildman–Crippen LogP) is 4.76. The van der Waals surface area contributed by atoms with Gasteiger partial charge < -0.3 is 14.1 Å². The van der Waals surface area contributed by atoms with Crippen LogP contribution in [-0.4, -0.2) is 23.3 Å². The van der Waals surface area contributed by atoms with Gasteiger partial charge in [0.25, 0.3) is 0 Å². The molecule has 0 saturated heterocycles. The number of hydrogen-bond acceptors (Lipinski definition) is 4. The van der Waals surface area contributed by atoms with Crippen LogP contribution in [0.4, 0.5) is 0 Å². The van der Waals surface area contributed by atoms with Crippen LogP contribution in [0.25, 0.3) is 33.4 Å². The van der Waals surface area contributed by atoms with Crippen molar-refractivity contribution in [1.82, 2.24) is 4.57 Å². The number of aromatic nitrogens is 1. The van der Waals surface area contributed by atoms with Gasteiger partial charge in [-0.3, -0.25) is 4.99 Å². The maximum absolute atomic E-state index is 9.69. The number of hydrogen-bond donors (Lipinski definition) is 1. The minimum Gasteiger partial charge on any atom is -0.454 e. The number of rotatable bonds is 4. The summed E-state index contributed by atoms with van der Waals surface area (Å²) in [4.78, 5) is 4.41. The largest absolute Gasteiger partial charge is 0.454 e. The van der Waals surface area contributed by atoms with Crippen LogP contribution in [0.15, 0.2) is 58.1 Å². The van der Waals surface area contributed by atoms with Crippen molar-refractivity contribution in [2.45, 2.75) is 32.7 Å². The Morgan fingerprint density at radius 2 is 1.91 bits per heavy atom. The Balaban J connectivity index is 1.72. The third-order valence-corrected chi connectivity index (χ3v) is 6.48. The smallest absolute Gasteiger partial charge is 0.157 e. The van der Waals surface area contributed by atoms with Gasteiger partial charge >= 0.3 is 0 Å². The van der Waals surface area contributed by atoms with E-state index in [1.54, 1.807) is 17.8 Å². The minimum absolute atomic E-state index is 0.0309. The highest BCUT2D eigenvalue weighted by Crippen LogP contribution is 2.38. The number of nitriles is 1. The summed E-state index contributed by atoms with van der Waals surface area (Å²) >= 11 is 0. The van der Waals surface area contributed by atoms with Crippen molar-refractivity contribution < 1.29 is 9.52 Å². The first-order valence-electron chi connectivity index (χ1n) is 11.0. The van der Waals surface area contributed by atoms with Gasteiger partial charge in [0.1, 0.15) is 22.9 Å². The Morgan fingerprint density at radius 3 is 2.69 bits per heavy atom. The Hall–Kier alpha value is -3.62. The van der Waals surface area contributed by atoms with Crippen LogP contribution in [0.2, 0.25) is 0 Å². The average Bonchev–Trinajstić information content (AvgIpc) is 3.46. The maximum atomic E-state index is 9.69. The molecule has 0 aliphatic heterocycles. The fourth-order valence-electron chi connectivity index (χ4n) is 4.99. The lowest BCUT2D eigenvalue weighted by molar-refractivity contribution is 0.274. The number of furan rings is 1. The normalized spacial score (nSPS) is 13.5. The first-order valence-corrected chi connectivity index (χ1v) is 11.0. The third kappa shape index (κ3) is 3.16. The van der Waals surface area contributed by atoms with Crippen molar-refractivity contribution in [3.63, 3.8) is 0 Å². The molecule has 0 saturated carbocycles. The van der Waals surface area contributed by atoms with Crippen molar-refractivity contribution in [2.75, 3.05) is 13.7 Å². The van der Waals surface area contributed by atoms with Gasteiger partial charge in [0.15, 0.2) is 5.58 Å². The van der Waals surface area contributed by atoms with Gasteiger partial charge in [0.2, 0.25) is 0 Å². The molecule has 0 amide bonds. The minimum atomic E-state index is -0.0309. The molecule has 2 aromatic carbocycles. The van der Waals surface area contributed by atoms with Crippen LogP contribution in [0.3, 0.4) is 0 Å². The van der Waals surface area contributed by atoms with Crippen molar-refractivity contribution in [3.8, 4) is 28.5 Å². The Morgan fingerprint density at radius 1 is 1.12 bits per heavy atom. The summed E-state index contributed by atoms with van der Waals surface area (Å²) in [6.07, 6.45) is 5.19. The van der Waals surface area contributed by atoms with Crippen molar-refractivity contribution >= 4 is 11.0 Å². The Labute approximate surface area is 186 Å². The van der Waals surface area contributed by atoms with Crippen LogP contribution < -0.4 is 5.49 Å². The Bertz CT molecular complexity index is 1450. The van der Waals surface area contributed by atoms with Crippen LogP contribution in [0.5, 0.6) is 0 Å². The quantitative estimate of drug-likeness (QED) is 0.514. The second-order valence-corrected chi connectivity index (χ2v) is 8.25. The molecule has 1 aliphatic rings. The molecule has 5 heteroatoms. The lowest BCUT2D eigenvalue weighted by Crippen LogP contribution is -2.23. The molecule has 2 heterocycles. The SMILES string of the molecule is CN=c1c2cc(-c3cccc(-c4cccc5c4CCC5)c3C)oc2c(C#N)cn1CCO. The van der Waals surface area contributed by atoms with E-state index in [4.69, 9.17) is 4.42 Å². The van der Waals surface area contributed by atoms with Gasteiger partial charge in [0.05, 0.1) is 12.0 Å². The van der Waals surface area contributed by atoms with Crippen LogP contribution in [0, 0.1) is 18.3 Å². The second kappa shape index (κ2) is 8.14. The summed E-state index contributed by atoms with van der Waals surface area (Å²) in [6.45, 7) is 2.47. The van der Waals surface area contributed by atoms with Gasteiger partial charge in [-0.2, -0.15) is 5.26 Å². The monoisotopic (exact) mass is 423 g/mol. The molecule has 5 nitrogen and oxygen atoms in total. The average molecular weight is 424 g/mol. The molecular formula is C27H25N3O2. The molecule has 0 radical (unpaired) electrons. The van der Waals surface area contributed by atoms with E-state index in [0.717, 1.165) is 35.1 Å². The zero-order valence-corrected chi connectivity index (χ0v) is 18.4. The van der Waals surface area contributed by atoms with Crippen LogP contribution >= 0.6 is 0 Å². The molecule has 4 aromatic rings. The number of benzene rings is 2. The molecule has 0 bridgehead atoms. The lowest BCUT2D eigenvalue weighted by Gasteiger charge is -2.14. The topological polar surface area (TPSA) is 74.5 Å². The van der Waals surface area contributed by atoms with Crippen molar-refractivity contribution in [3.05, 3.63) is 76.4 Å². The number of pyridine rings is 1. The molecule has 1 aliphatic carbocycles. The molecule has 2 aromatic heterocycles. The third-order valence-electron chi connectivity index (χ3n) is 6.48. The number of fused-ring (bicyclic) bond motifs is 2. The van der Waals surface area contributed by atoms with E-state index in [-0.39, 0.29) is 6.61 Å². The van der Waals surface area contributed by atoms with Gasteiger partial charge in [-0.25, -0.2) is 0 Å². The van der Waals surface area contributed by atoms with Crippen molar-refractivity contribution in [2.24, 2.45) is 4.99 Å². The fourth-order valence-corrected chi connectivity index (χ4v) is 4.99. The first-order chi connectivity index (χ1) is 15.7.